The average molecular weight is 445 g/mol. The summed E-state index contributed by atoms with van der Waals surface area (Å²) in [7, 11) is 0. The zero-order chi connectivity index (χ0) is 21.4. The summed E-state index contributed by atoms with van der Waals surface area (Å²) in [5.74, 6) is 0.0818. The number of imidazole rings is 1. The fraction of sp³-hybridized carbons (Fsp3) is 0.429. The van der Waals surface area contributed by atoms with Crippen LogP contribution >= 0.6 is 11.6 Å². The summed E-state index contributed by atoms with van der Waals surface area (Å²) in [6, 6.07) is 3.83. The van der Waals surface area contributed by atoms with E-state index in [1.54, 1.807) is 11.2 Å². The van der Waals surface area contributed by atoms with Gasteiger partial charge in [-0.2, -0.15) is 4.98 Å². The first kappa shape index (κ1) is 20.0. The van der Waals surface area contributed by atoms with E-state index in [9.17, 15) is 9.18 Å². The molecule has 0 saturated heterocycles. The Labute approximate surface area is 183 Å². The molecular weight excluding hydrogens is 423 g/mol. The number of hydrogen-bond donors (Lipinski definition) is 2. The predicted octanol–water partition coefficient (Wildman–Crippen LogP) is 4.39. The normalized spacial score (nSPS) is 19.3. The number of urea groups is 1. The van der Waals surface area contributed by atoms with Crippen LogP contribution in [0.2, 0.25) is 5.02 Å². The third-order valence-electron chi connectivity index (χ3n) is 6.00. The number of hydrogen-bond acceptors (Lipinski definition) is 5. The summed E-state index contributed by atoms with van der Waals surface area (Å²) in [5, 5.41) is 7.18. The van der Waals surface area contributed by atoms with Crippen LogP contribution in [-0.4, -0.2) is 37.1 Å². The van der Waals surface area contributed by atoms with Crippen LogP contribution in [0.1, 0.15) is 55.4 Å². The van der Waals surface area contributed by atoms with Crippen molar-refractivity contribution in [3.63, 3.8) is 0 Å². The second kappa shape index (κ2) is 8.30. The predicted molar refractivity (Wildman–Crippen MR) is 111 cm³/mol. The van der Waals surface area contributed by atoms with Gasteiger partial charge in [-0.1, -0.05) is 36.0 Å². The molecule has 2 aromatic heterocycles. The minimum Gasteiger partial charge on any atom is -0.347 e. The first-order valence-corrected chi connectivity index (χ1v) is 10.8. The van der Waals surface area contributed by atoms with Crippen molar-refractivity contribution in [2.75, 3.05) is 0 Å². The topological polar surface area (TPSA) is 99.9 Å². The lowest BCUT2D eigenvalue weighted by molar-refractivity contribution is 0.138. The van der Waals surface area contributed by atoms with Crippen LogP contribution in [0.3, 0.4) is 0 Å². The van der Waals surface area contributed by atoms with Crippen LogP contribution in [0.5, 0.6) is 0 Å². The fourth-order valence-electron chi connectivity index (χ4n) is 4.30. The molecular formula is C21H22ClFN6O2. The second-order valence-electron chi connectivity index (χ2n) is 8.05. The zero-order valence-electron chi connectivity index (χ0n) is 16.8. The summed E-state index contributed by atoms with van der Waals surface area (Å²) >= 11 is 5.89. The van der Waals surface area contributed by atoms with Crippen molar-refractivity contribution in [1.29, 1.82) is 0 Å². The van der Waals surface area contributed by atoms with E-state index in [1.807, 2.05) is 0 Å². The molecule has 0 bridgehead atoms. The molecule has 3 heterocycles. The van der Waals surface area contributed by atoms with Gasteiger partial charge in [-0.15, -0.1) is 0 Å². The SMILES string of the molecule is O=C(NC1CCCCC1)N1Cc2[nH]cnc2C[C@H]1c1nc(-c2ccc(F)c(Cl)c2)no1. The van der Waals surface area contributed by atoms with Crippen LogP contribution in [0.4, 0.5) is 9.18 Å². The van der Waals surface area contributed by atoms with Gasteiger partial charge >= 0.3 is 6.03 Å². The summed E-state index contributed by atoms with van der Waals surface area (Å²) in [4.78, 5) is 26.9. The lowest BCUT2D eigenvalue weighted by atomic mass is 9.95. The molecule has 3 aromatic rings. The molecule has 1 saturated carbocycles. The molecule has 0 radical (unpaired) electrons. The van der Waals surface area contributed by atoms with Gasteiger partial charge in [-0.3, -0.25) is 0 Å². The van der Waals surface area contributed by atoms with Crippen molar-refractivity contribution < 1.29 is 13.7 Å². The van der Waals surface area contributed by atoms with Crippen molar-refractivity contribution in [3.05, 3.63) is 52.6 Å². The molecule has 5 rings (SSSR count). The van der Waals surface area contributed by atoms with Gasteiger partial charge in [-0.25, -0.2) is 14.2 Å². The number of carbonyl (C=O) groups excluding carboxylic acids is 1. The quantitative estimate of drug-likeness (QED) is 0.623. The van der Waals surface area contributed by atoms with E-state index in [2.05, 4.69) is 25.4 Å². The Bertz CT molecular complexity index is 1090. The molecule has 2 N–H and O–H groups in total. The molecule has 31 heavy (non-hydrogen) atoms. The number of halogens is 2. The number of benzene rings is 1. The van der Waals surface area contributed by atoms with Crippen molar-refractivity contribution in [1.82, 2.24) is 30.3 Å². The van der Waals surface area contributed by atoms with Crippen molar-refractivity contribution in [2.45, 2.75) is 57.2 Å². The molecule has 2 aliphatic rings. The number of aromatic nitrogens is 4. The number of H-pyrrole nitrogens is 1. The second-order valence-corrected chi connectivity index (χ2v) is 8.45. The van der Waals surface area contributed by atoms with Gasteiger partial charge in [0.25, 0.3) is 0 Å². The number of nitrogens with one attached hydrogen (secondary N) is 2. The van der Waals surface area contributed by atoms with Gasteiger partial charge in [0, 0.05) is 18.0 Å². The van der Waals surface area contributed by atoms with Gasteiger partial charge in [0.15, 0.2) is 0 Å². The number of nitrogens with zero attached hydrogens (tertiary/aromatic N) is 4. The van der Waals surface area contributed by atoms with E-state index >= 15 is 0 Å². The molecule has 0 unspecified atom stereocenters. The number of carbonyl (C=O) groups is 1. The maximum absolute atomic E-state index is 13.5. The minimum absolute atomic E-state index is 0.0174. The van der Waals surface area contributed by atoms with E-state index < -0.39 is 11.9 Å². The third kappa shape index (κ3) is 4.01. The maximum Gasteiger partial charge on any atom is 0.318 e. The van der Waals surface area contributed by atoms with Crippen LogP contribution in [0.25, 0.3) is 11.4 Å². The first-order valence-electron chi connectivity index (χ1n) is 10.5. The molecule has 8 nitrogen and oxygen atoms in total. The highest BCUT2D eigenvalue weighted by molar-refractivity contribution is 6.31. The van der Waals surface area contributed by atoms with Gasteiger partial charge in [0.2, 0.25) is 11.7 Å². The van der Waals surface area contributed by atoms with Crippen molar-refractivity contribution >= 4 is 17.6 Å². The summed E-state index contributed by atoms with van der Waals surface area (Å²) in [6.45, 7) is 0.374. The maximum atomic E-state index is 13.5. The molecule has 1 aromatic carbocycles. The largest absolute Gasteiger partial charge is 0.347 e. The average Bonchev–Trinajstić information content (AvgIpc) is 3.44. The molecule has 1 aliphatic carbocycles. The standard InChI is InChI=1S/C21H22ClFN6O2/c22-14-8-12(6-7-15(14)23)19-27-20(31-28-19)18-9-16-17(25-11-24-16)10-29(18)21(30)26-13-4-2-1-3-5-13/h6-8,11,13,18H,1-5,9-10H2,(H,24,25)(H,26,30)/t18-/m0/s1. The highest BCUT2D eigenvalue weighted by Crippen LogP contribution is 2.33. The smallest absolute Gasteiger partial charge is 0.318 e. The van der Waals surface area contributed by atoms with Gasteiger partial charge in [-0.05, 0) is 31.0 Å². The molecule has 1 fully saturated rings. The highest BCUT2D eigenvalue weighted by Gasteiger charge is 2.37. The monoisotopic (exact) mass is 444 g/mol. The molecule has 2 amide bonds. The Balaban J connectivity index is 1.42. The van der Waals surface area contributed by atoms with Gasteiger partial charge < -0.3 is 19.7 Å². The highest BCUT2D eigenvalue weighted by atomic mass is 35.5. The molecule has 0 spiro atoms. The Hall–Kier alpha value is -2.94. The first-order chi connectivity index (χ1) is 15.1. The van der Waals surface area contributed by atoms with E-state index in [0.29, 0.717) is 24.4 Å². The van der Waals surface area contributed by atoms with Gasteiger partial charge in [0.05, 0.1) is 29.3 Å². The van der Waals surface area contributed by atoms with Crippen LogP contribution in [-0.2, 0) is 13.0 Å². The van der Waals surface area contributed by atoms with E-state index in [0.717, 1.165) is 37.1 Å². The number of fused-ring (bicyclic) bond motifs is 1. The lowest BCUT2D eigenvalue weighted by Gasteiger charge is -2.34. The van der Waals surface area contributed by atoms with Crippen molar-refractivity contribution in [3.8, 4) is 11.4 Å². The van der Waals surface area contributed by atoms with Crippen molar-refractivity contribution in [2.24, 2.45) is 0 Å². The number of rotatable bonds is 3. The summed E-state index contributed by atoms with van der Waals surface area (Å²) in [5.41, 5.74) is 2.31. The van der Waals surface area contributed by atoms with E-state index in [1.165, 1.54) is 24.6 Å². The lowest BCUT2D eigenvalue weighted by Crippen LogP contribution is -2.48. The Kier molecular flexibility index (Phi) is 5.35. The Morgan fingerprint density at radius 2 is 2.13 bits per heavy atom. The summed E-state index contributed by atoms with van der Waals surface area (Å²) < 4.78 is 19.0. The van der Waals surface area contributed by atoms with E-state index in [4.69, 9.17) is 16.1 Å². The molecule has 1 atom stereocenters. The zero-order valence-corrected chi connectivity index (χ0v) is 17.5. The Morgan fingerprint density at radius 3 is 2.94 bits per heavy atom. The molecule has 10 heteroatoms. The van der Waals surface area contributed by atoms with Gasteiger partial charge in [0.1, 0.15) is 11.9 Å². The third-order valence-corrected chi connectivity index (χ3v) is 6.29. The molecule has 162 valence electrons. The summed E-state index contributed by atoms with van der Waals surface area (Å²) in [6.07, 6.45) is 7.56. The van der Waals surface area contributed by atoms with Crippen LogP contribution < -0.4 is 5.32 Å². The fourth-order valence-corrected chi connectivity index (χ4v) is 4.48. The Morgan fingerprint density at radius 1 is 1.29 bits per heavy atom. The van der Waals surface area contributed by atoms with E-state index in [-0.39, 0.29) is 22.9 Å². The van der Waals surface area contributed by atoms with Crippen LogP contribution in [0, 0.1) is 5.82 Å². The van der Waals surface area contributed by atoms with Crippen LogP contribution in [0.15, 0.2) is 29.0 Å². The number of amides is 2. The molecule has 1 aliphatic heterocycles. The number of aromatic amines is 1. The minimum atomic E-state index is -0.516.